The number of aryl methyl sites for hydroxylation is 1. The maximum Gasteiger partial charge on any atom is 0.261 e. The number of hydrogen-bond acceptors (Lipinski definition) is 5. The molecule has 1 aromatic carbocycles. The van der Waals surface area contributed by atoms with E-state index in [0.717, 1.165) is 6.26 Å². The number of fused-ring (bicyclic) bond motifs is 1. The highest BCUT2D eigenvalue weighted by Crippen LogP contribution is 2.12. The second-order valence-electron chi connectivity index (χ2n) is 6.56. The van der Waals surface area contributed by atoms with Gasteiger partial charge in [0.1, 0.15) is 0 Å². The molecule has 2 aromatic rings. The van der Waals surface area contributed by atoms with Crippen LogP contribution in [0.4, 0.5) is 0 Å². The number of rotatable bonds is 5. The van der Waals surface area contributed by atoms with Gasteiger partial charge in [0.25, 0.3) is 5.56 Å². The molecular weight excluding hydrogens is 356 g/mol. The van der Waals surface area contributed by atoms with Crippen molar-refractivity contribution in [3.05, 3.63) is 40.9 Å². The van der Waals surface area contributed by atoms with E-state index in [1.165, 1.54) is 10.9 Å². The summed E-state index contributed by atoms with van der Waals surface area (Å²) in [5, 5.41) is 0.537. The summed E-state index contributed by atoms with van der Waals surface area (Å²) in [4.78, 5) is 30.8. The zero-order valence-electron chi connectivity index (χ0n) is 14.6. The molecule has 0 radical (unpaired) electrons. The molecule has 1 aliphatic rings. The lowest BCUT2D eigenvalue weighted by molar-refractivity contribution is -0.132. The van der Waals surface area contributed by atoms with Crippen LogP contribution in [0.1, 0.15) is 19.3 Å². The van der Waals surface area contributed by atoms with Crippen molar-refractivity contribution in [2.24, 2.45) is 0 Å². The van der Waals surface area contributed by atoms with E-state index in [4.69, 9.17) is 0 Å². The van der Waals surface area contributed by atoms with Gasteiger partial charge < -0.3 is 4.90 Å². The molecule has 1 aliphatic heterocycles. The lowest BCUT2D eigenvalue weighted by atomic mass is 10.1. The van der Waals surface area contributed by atoms with Crippen LogP contribution >= 0.6 is 0 Å². The third kappa shape index (κ3) is 4.47. The minimum atomic E-state index is -3.23. The van der Waals surface area contributed by atoms with E-state index < -0.39 is 10.0 Å². The molecule has 9 heteroatoms. The van der Waals surface area contributed by atoms with E-state index in [1.54, 1.807) is 23.1 Å². The van der Waals surface area contributed by atoms with E-state index in [9.17, 15) is 18.0 Å². The summed E-state index contributed by atoms with van der Waals surface area (Å²) < 4.78 is 26.6. The minimum Gasteiger partial charge on any atom is -0.343 e. The SMILES string of the molecule is CS(=O)(=O)NC1CCN(C(=O)CCn2cnc3ccccc3c2=O)CC1. The monoisotopic (exact) mass is 378 g/mol. The number of likely N-dealkylation sites (tertiary alicyclic amines) is 1. The molecule has 0 aliphatic carbocycles. The van der Waals surface area contributed by atoms with Gasteiger partial charge in [-0.1, -0.05) is 12.1 Å². The number of aromatic nitrogens is 2. The fourth-order valence-electron chi connectivity index (χ4n) is 3.19. The van der Waals surface area contributed by atoms with Gasteiger partial charge in [-0.2, -0.15) is 0 Å². The number of carbonyl (C=O) groups is 1. The molecule has 1 fully saturated rings. The van der Waals surface area contributed by atoms with Gasteiger partial charge in [-0.25, -0.2) is 18.1 Å². The third-order valence-corrected chi connectivity index (χ3v) is 5.29. The summed E-state index contributed by atoms with van der Waals surface area (Å²) in [6.07, 6.45) is 4.01. The maximum absolute atomic E-state index is 12.4. The van der Waals surface area contributed by atoms with Crippen LogP contribution in [-0.2, 0) is 21.4 Å². The van der Waals surface area contributed by atoms with Crippen LogP contribution in [0.25, 0.3) is 10.9 Å². The highest BCUT2D eigenvalue weighted by molar-refractivity contribution is 7.88. The van der Waals surface area contributed by atoms with Crippen LogP contribution in [0.2, 0.25) is 0 Å². The standard InChI is InChI=1S/C17H22N4O4S/c1-26(24,25)19-13-6-9-20(10-7-13)16(22)8-11-21-12-18-15-5-3-2-4-14(15)17(21)23/h2-5,12-13,19H,6-11H2,1H3. The topological polar surface area (TPSA) is 101 Å². The van der Waals surface area contributed by atoms with Gasteiger partial charge in [0.2, 0.25) is 15.9 Å². The second-order valence-corrected chi connectivity index (χ2v) is 8.34. The molecule has 1 aromatic heterocycles. The Balaban J connectivity index is 1.57. The van der Waals surface area contributed by atoms with Gasteiger partial charge in [-0.3, -0.25) is 14.2 Å². The van der Waals surface area contributed by atoms with Gasteiger partial charge in [-0.05, 0) is 25.0 Å². The lowest BCUT2D eigenvalue weighted by Crippen LogP contribution is -2.46. The first-order chi connectivity index (χ1) is 12.3. The van der Waals surface area contributed by atoms with Crippen LogP contribution in [0.3, 0.4) is 0 Å². The number of amides is 1. The van der Waals surface area contributed by atoms with E-state index in [1.807, 2.05) is 6.07 Å². The summed E-state index contributed by atoms with van der Waals surface area (Å²) in [7, 11) is -3.23. The first-order valence-corrected chi connectivity index (χ1v) is 10.4. The number of nitrogens with zero attached hydrogens (tertiary/aromatic N) is 3. The Morgan fingerprint density at radius 1 is 1.27 bits per heavy atom. The summed E-state index contributed by atoms with van der Waals surface area (Å²) in [5.41, 5.74) is 0.486. The van der Waals surface area contributed by atoms with Crippen molar-refractivity contribution in [2.45, 2.75) is 31.8 Å². The van der Waals surface area contributed by atoms with E-state index in [2.05, 4.69) is 9.71 Å². The van der Waals surface area contributed by atoms with Gasteiger partial charge in [0.15, 0.2) is 0 Å². The average molecular weight is 378 g/mol. The molecule has 26 heavy (non-hydrogen) atoms. The van der Waals surface area contributed by atoms with E-state index in [-0.39, 0.29) is 30.5 Å². The van der Waals surface area contributed by atoms with Crippen LogP contribution in [-0.4, -0.2) is 54.2 Å². The van der Waals surface area contributed by atoms with Crippen LogP contribution < -0.4 is 10.3 Å². The molecule has 0 spiro atoms. The van der Waals surface area contributed by atoms with Crippen molar-refractivity contribution in [1.29, 1.82) is 0 Å². The summed E-state index contributed by atoms with van der Waals surface area (Å²) in [6.45, 7) is 1.30. The van der Waals surface area contributed by atoms with Gasteiger partial charge in [0, 0.05) is 32.1 Å². The quantitative estimate of drug-likeness (QED) is 0.808. The maximum atomic E-state index is 12.4. The highest BCUT2D eigenvalue weighted by Gasteiger charge is 2.24. The third-order valence-electron chi connectivity index (χ3n) is 4.53. The van der Waals surface area contributed by atoms with Crippen LogP contribution in [0, 0.1) is 0 Å². The molecule has 1 saturated heterocycles. The largest absolute Gasteiger partial charge is 0.343 e. The summed E-state index contributed by atoms with van der Waals surface area (Å²) >= 11 is 0. The first-order valence-electron chi connectivity index (χ1n) is 8.53. The summed E-state index contributed by atoms with van der Waals surface area (Å²) in [5.74, 6) is -0.0390. The predicted octanol–water partition coefficient (Wildman–Crippen LogP) is 0.327. The fourth-order valence-corrected chi connectivity index (χ4v) is 4.03. The molecule has 140 valence electrons. The van der Waals surface area contributed by atoms with Crippen molar-refractivity contribution >= 4 is 26.8 Å². The number of carbonyl (C=O) groups excluding carboxylic acids is 1. The number of sulfonamides is 1. The molecule has 3 rings (SSSR count). The van der Waals surface area contributed by atoms with Gasteiger partial charge in [-0.15, -0.1) is 0 Å². The normalized spacial score (nSPS) is 16.1. The van der Waals surface area contributed by atoms with Crippen molar-refractivity contribution in [1.82, 2.24) is 19.2 Å². The highest BCUT2D eigenvalue weighted by atomic mass is 32.2. The number of hydrogen-bond donors (Lipinski definition) is 1. The van der Waals surface area contributed by atoms with Gasteiger partial charge >= 0.3 is 0 Å². The number of nitrogens with one attached hydrogen (secondary N) is 1. The minimum absolute atomic E-state index is 0.0390. The molecule has 0 unspecified atom stereocenters. The molecule has 0 bridgehead atoms. The number of benzene rings is 1. The molecule has 0 atom stereocenters. The Kier molecular flexibility index (Phi) is 5.38. The van der Waals surface area contributed by atoms with E-state index in [0.29, 0.717) is 36.8 Å². The van der Waals surface area contributed by atoms with Crippen LogP contribution in [0.5, 0.6) is 0 Å². The molecule has 2 heterocycles. The average Bonchev–Trinajstić information content (AvgIpc) is 2.60. The van der Waals surface area contributed by atoms with E-state index >= 15 is 0 Å². The van der Waals surface area contributed by atoms with Crippen molar-refractivity contribution in [3.8, 4) is 0 Å². The molecule has 8 nitrogen and oxygen atoms in total. The number of para-hydroxylation sites is 1. The Bertz CT molecular complexity index is 962. The fraction of sp³-hybridized carbons (Fsp3) is 0.471. The first kappa shape index (κ1) is 18.5. The second kappa shape index (κ2) is 7.55. The Labute approximate surface area is 151 Å². The number of piperidine rings is 1. The molecule has 1 N–H and O–H groups in total. The van der Waals surface area contributed by atoms with Crippen molar-refractivity contribution in [2.75, 3.05) is 19.3 Å². The lowest BCUT2D eigenvalue weighted by Gasteiger charge is -2.32. The zero-order valence-corrected chi connectivity index (χ0v) is 15.4. The molecular formula is C17H22N4O4S. The summed E-state index contributed by atoms with van der Waals surface area (Å²) in [6, 6.07) is 6.99. The molecule has 0 saturated carbocycles. The Morgan fingerprint density at radius 3 is 2.65 bits per heavy atom. The smallest absolute Gasteiger partial charge is 0.261 e. The zero-order chi connectivity index (χ0) is 18.7. The molecule has 1 amide bonds. The van der Waals surface area contributed by atoms with Crippen molar-refractivity contribution < 1.29 is 13.2 Å². The van der Waals surface area contributed by atoms with Gasteiger partial charge in [0.05, 0.1) is 23.5 Å². The van der Waals surface area contributed by atoms with Crippen LogP contribution in [0.15, 0.2) is 35.4 Å². The Morgan fingerprint density at radius 2 is 1.96 bits per heavy atom. The van der Waals surface area contributed by atoms with Crippen molar-refractivity contribution in [3.63, 3.8) is 0 Å². The predicted molar refractivity (Wildman–Crippen MR) is 98.2 cm³/mol. The Hall–Kier alpha value is -2.26.